The highest BCUT2D eigenvalue weighted by Gasteiger charge is 2.22. The third-order valence-electron chi connectivity index (χ3n) is 3.14. The second-order valence-electron chi connectivity index (χ2n) is 4.54. The number of benzene rings is 1. The van der Waals surface area contributed by atoms with Gasteiger partial charge in [0.1, 0.15) is 5.75 Å². The molecule has 0 unspecified atom stereocenters. The molecule has 0 spiro atoms. The topological polar surface area (TPSA) is 104 Å². The maximum absolute atomic E-state index is 12.2. The average Bonchev–Trinajstić information content (AvgIpc) is 2.54. The highest BCUT2D eigenvalue weighted by atomic mass is 16.5. The molecule has 3 rings (SSSR count). The van der Waals surface area contributed by atoms with Crippen LogP contribution in [0, 0.1) is 0 Å². The molecule has 7 heteroatoms. The van der Waals surface area contributed by atoms with Crippen LogP contribution in [0.5, 0.6) is 5.75 Å². The van der Waals surface area contributed by atoms with E-state index in [0.717, 1.165) is 0 Å². The van der Waals surface area contributed by atoms with Gasteiger partial charge in [-0.25, -0.2) is 4.98 Å². The first-order valence-electron chi connectivity index (χ1n) is 6.38. The number of para-hydroxylation sites is 1. The van der Waals surface area contributed by atoms with E-state index in [4.69, 9.17) is 0 Å². The highest BCUT2D eigenvalue weighted by Crippen LogP contribution is 2.24. The van der Waals surface area contributed by atoms with E-state index in [-0.39, 0.29) is 15.8 Å². The van der Waals surface area contributed by atoms with Gasteiger partial charge in [0.25, 0.3) is 5.91 Å². The summed E-state index contributed by atoms with van der Waals surface area (Å²) in [6.07, 6.45) is 1.36. The normalized spacial score (nSPS) is 10.5. The molecule has 0 aliphatic heterocycles. The van der Waals surface area contributed by atoms with E-state index in [1.54, 1.807) is 30.3 Å². The number of aromatic nitrogens is 2. The number of fused-ring (bicyclic) bond motifs is 1. The van der Waals surface area contributed by atoms with Crippen molar-refractivity contribution in [3.8, 4) is 5.75 Å². The second kappa shape index (κ2) is 5.21. The van der Waals surface area contributed by atoms with Gasteiger partial charge in [-0.15, -0.1) is 4.73 Å². The van der Waals surface area contributed by atoms with E-state index in [9.17, 15) is 19.9 Å². The molecule has 0 saturated heterocycles. The fraction of sp³-hybridized carbons (Fsp3) is 0. The molecule has 0 aliphatic carbocycles. The van der Waals surface area contributed by atoms with Gasteiger partial charge in [0.2, 0.25) is 0 Å². The molecule has 0 atom stereocenters. The van der Waals surface area contributed by atoms with Crippen LogP contribution >= 0.6 is 0 Å². The molecule has 2 aromatic heterocycles. The number of aromatic hydroxyl groups is 1. The summed E-state index contributed by atoms with van der Waals surface area (Å²) in [6, 6.07) is 11.4. The minimum atomic E-state index is -1.04. The van der Waals surface area contributed by atoms with E-state index in [1.165, 1.54) is 18.3 Å². The molecular formula is C15H11N3O4. The third kappa shape index (κ3) is 2.14. The third-order valence-corrected chi connectivity index (χ3v) is 3.14. The molecule has 0 saturated carbocycles. The van der Waals surface area contributed by atoms with Crippen molar-refractivity contribution in [3.05, 3.63) is 64.6 Å². The average molecular weight is 297 g/mol. The van der Waals surface area contributed by atoms with Crippen LogP contribution in [0.1, 0.15) is 10.4 Å². The van der Waals surface area contributed by atoms with Crippen molar-refractivity contribution in [2.24, 2.45) is 0 Å². The van der Waals surface area contributed by atoms with Crippen molar-refractivity contribution in [2.75, 3.05) is 5.32 Å². The van der Waals surface area contributed by atoms with Crippen molar-refractivity contribution >= 4 is 22.6 Å². The lowest BCUT2D eigenvalue weighted by atomic mass is 10.1. The number of hydrogen-bond acceptors (Lipinski definition) is 5. The van der Waals surface area contributed by atoms with Crippen molar-refractivity contribution in [3.63, 3.8) is 0 Å². The Balaban J connectivity index is 2.15. The standard InChI is InChI=1S/C15H11N3O4/c19-12-10-7-4-8-16-13(10)18(22)15(21)11(12)14(20)17-9-5-2-1-3-6-9/h1-8,19,22H,(H,17,20). The minimum absolute atomic E-state index is 0.0998. The lowest BCUT2D eigenvalue weighted by Crippen LogP contribution is -2.29. The fourth-order valence-corrected chi connectivity index (χ4v) is 2.11. The van der Waals surface area contributed by atoms with Crippen LogP contribution < -0.4 is 10.9 Å². The zero-order valence-corrected chi connectivity index (χ0v) is 11.2. The summed E-state index contributed by atoms with van der Waals surface area (Å²) in [5.74, 6) is -1.34. The predicted octanol–water partition coefficient (Wildman–Crippen LogP) is 1.59. The number of pyridine rings is 2. The Morgan fingerprint density at radius 2 is 1.86 bits per heavy atom. The largest absolute Gasteiger partial charge is 0.506 e. The van der Waals surface area contributed by atoms with Crippen molar-refractivity contribution in [2.45, 2.75) is 0 Å². The maximum Gasteiger partial charge on any atom is 0.301 e. The second-order valence-corrected chi connectivity index (χ2v) is 4.54. The van der Waals surface area contributed by atoms with Crippen molar-refractivity contribution in [1.82, 2.24) is 9.71 Å². The number of rotatable bonds is 2. The van der Waals surface area contributed by atoms with Gasteiger partial charge in [-0.1, -0.05) is 18.2 Å². The summed E-state index contributed by atoms with van der Waals surface area (Å²) >= 11 is 0. The molecule has 0 radical (unpaired) electrons. The Hall–Kier alpha value is -3.35. The van der Waals surface area contributed by atoms with Gasteiger partial charge in [-0.05, 0) is 24.3 Å². The van der Waals surface area contributed by atoms with Gasteiger partial charge in [-0.2, -0.15) is 0 Å². The SMILES string of the molecule is O=C(Nc1ccccc1)c1c(O)c2cccnc2n(O)c1=O. The first kappa shape index (κ1) is 13.6. The number of anilines is 1. The smallest absolute Gasteiger partial charge is 0.301 e. The van der Waals surface area contributed by atoms with Gasteiger partial charge in [0.05, 0.1) is 5.39 Å². The zero-order valence-electron chi connectivity index (χ0n) is 11.2. The molecule has 3 aromatic rings. The molecular weight excluding hydrogens is 286 g/mol. The van der Waals surface area contributed by atoms with E-state index in [2.05, 4.69) is 10.3 Å². The van der Waals surface area contributed by atoms with Crippen molar-refractivity contribution in [1.29, 1.82) is 0 Å². The first-order chi connectivity index (χ1) is 10.6. The molecule has 7 nitrogen and oxygen atoms in total. The Kier molecular flexibility index (Phi) is 3.23. The Morgan fingerprint density at radius 1 is 1.14 bits per heavy atom. The molecule has 110 valence electrons. The van der Waals surface area contributed by atoms with Crippen LogP contribution in [0.2, 0.25) is 0 Å². The first-order valence-corrected chi connectivity index (χ1v) is 6.38. The lowest BCUT2D eigenvalue weighted by Gasteiger charge is -2.10. The molecule has 1 aromatic carbocycles. The van der Waals surface area contributed by atoms with Gasteiger partial charge >= 0.3 is 5.56 Å². The van der Waals surface area contributed by atoms with E-state index in [0.29, 0.717) is 5.69 Å². The summed E-state index contributed by atoms with van der Waals surface area (Å²) < 4.78 is 0.245. The zero-order chi connectivity index (χ0) is 15.7. The van der Waals surface area contributed by atoms with Gasteiger partial charge in [0.15, 0.2) is 11.2 Å². The summed E-state index contributed by atoms with van der Waals surface area (Å²) in [7, 11) is 0. The van der Waals surface area contributed by atoms with Gasteiger partial charge in [0, 0.05) is 11.9 Å². The lowest BCUT2D eigenvalue weighted by molar-refractivity contribution is 0.101. The molecule has 0 aliphatic rings. The molecule has 1 amide bonds. The Bertz CT molecular complexity index is 919. The van der Waals surface area contributed by atoms with Crippen LogP contribution in [-0.4, -0.2) is 25.9 Å². The number of nitrogens with one attached hydrogen (secondary N) is 1. The summed E-state index contributed by atoms with van der Waals surface area (Å²) in [4.78, 5) is 28.1. The summed E-state index contributed by atoms with van der Waals surface area (Å²) in [5, 5.41) is 22.6. The van der Waals surface area contributed by atoms with Crippen LogP contribution in [0.4, 0.5) is 5.69 Å². The number of hydrogen-bond donors (Lipinski definition) is 3. The number of nitrogens with zero attached hydrogens (tertiary/aromatic N) is 2. The van der Waals surface area contributed by atoms with Crippen LogP contribution in [0.15, 0.2) is 53.5 Å². The molecule has 2 heterocycles. The summed E-state index contributed by atoms with van der Waals surface area (Å²) in [5.41, 5.74) is -1.26. The Morgan fingerprint density at radius 3 is 2.59 bits per heavy atom. The van der Waals surface area contributed by atoms with E-state index in [1.807, 2.05) is 0 Å². The Labute approximate surface area is 124 Å². The predicted molar refractivity (Wildman–Crippen MR) is 79.2 cm³/mol. The monoisotopic (exact) mass is 297 g/mol. The van der Waals surface area contributed by atoms with Crippen LogP contribution in [0.25, 0.3) is 11.0 Å². The maximum atomic E-state index is 12.2. The van der Waals surface area contributed by atoms with Crippen LogP contribution in [0.3, 0.4) is 0 Å². The molecule has 0 fully saturated rings. The number of amides is 1. The molecule has 22 heavy (non-hydrogen) atoms. The quantitative estimate of drug-likeness (QED) is 0.623. The van der Waals surface area contributed by atoms with Gasteiger partial charge < -0.3 is 15.6 Å². The molecule has 0 bridgehead atoms. The summed E-state index contributed by atoms with van der Waals surface area (Å²) in [6.45, 7) is 0. The number of carbonyl (C=O) groups is 1. The minimum Gasteiger partial charge on any atom is -0.506 e. The highest BCUT2D eigenvalue weighted by molar-refractivity contribution is 6.08. The molecule has 3 N–H and O–H groups in total. The van der Waals surface area contributed by atoms with Crippen molar-refractivity contribution < 1.29 is 15.1 Å². The van der Waals surface area contributed by atoms with E-state index >= 15 is 0 Å². The number of carbonyl (C=O) groups excluding carboxylic acids is 1. The fourth-order valence-electron chi connectivity index (χ4n) is 2.11. The van der Waals surface area contributed by atoms with E-state index < -0.39 is 22.8 Å². The van der Waals surface area contributed by atoms with Gasteiger partial charge in [-0.3, -0.25) is 9.59 Å². The van der Waals surface area contributed by atoms with Crippen LogP contribution in [-0.2, 0) is 0 Å².